The van der Waals surface area contributed by atoms with Crippen LogP contribution in [0.3, 0.4) is 0 Å². The highest BCUT2D eigenvalue weighted by Gasteiger charge is 2.35. The third kappa shape index (κ3) is 4.88. The van der Waals surface area contributed by atoms with Crippen molar-refractivity contribution in [2.24, 2.45) is 0 Å². The summed E-state index contributed by atoms with van der Waals surface area (Å²) in [5, 5.41) is 2.67. The van der Waals surface area contributed by atoms with Gasteiger partial charge in [0.1, 0.15) is 16.6 Å². The molecule has 2 fully saturated rings. The zero-order valence-corrected chi connectivity index (χ0v) is 17.0. The molecule has 0 bridgehead atoms. The van der Waals surface area contributed by atoms with Crippen molar-refractivity contribution in [3.05, 3.63) is 34.7 Å². The highest BCUT2D eigenvalue weighted by Crippen LogP contribution is 2.32. The number of benzene rings is 1. The van der Waals surface area contributed by atoms with Crippen LogP contribution in [0.25, 0.3) is 6.08 Å². The summed E-state index contributed by atoms with van der Waals surface area (Å²) in [5.41, 5.74) is 0.787. The Kier molecular flexibility index (Phi) is 5.87. The third-order valence-corrected chi connectivity index (χ3v) is 7.31. The minimum atomic E-state index is -3.08. The van der Waals surface area contributed by atoms with Crippen LogP contribution in [0.5, 0.6) is 5.75 Å². The standard InChI is InChI=1S/C17H18N2O5S3/c1-24-13-4-2-3-11(7-13)8-14-16(21)19(17(25)26-14)9-15(20)18-12-5-6-27(22,23)10-12/h2-4,7-8,12H,5-6,9-10H2,1H3,(H,18,20)/b14-8+. The third-order valence-electron chi connectivity index (χ3n) is 4.16. The van der Waals surface area contributed by atoms with Crippen LogP contribution in [0, 0.1) is 0 Å². The van der Waals surface area contributed by atoms with Gasteiger partial charge in [-0.1, -0.05) is 36.1 Å². The molecule has 2 aliphatic rings. The molecule has 0 aromatic heterocycles. The first-order chi connectivity index (χ1) is 12.8. The van der Waals surface area contributed by atoms with Gasteiger partial charge in [0.2, 0.25) is 5.91 Å². The second-order valence-corrected chi connectivity index (χ2v) is 10.1. The summed E-state index contributed by atoms with van der Waals surface area (Å²) in [5.74, 6) is -0.0852. The van der Waals surface area contributed by atoms with Crippen molar-refractivity contribution in [2.75, 3.05) is 25.2 Å². The molecule has 1 aromatic carbocycles. The maximum Gasteiger partial charge on any atom is 0.266 e. The zero-order chi connectivity index (χ0) is 19.6. The molecule has 3 rings (SSSR count). The van der Waals surface area contributed by atoms with E-state index in [0.717, 1.165) is 17.3 Å². The molecule has 2 aliphatic heterocycles. The van der Waals surface area contributed by atoms with Gasteiger partial charge < -0.3 is 10.1 Å². The van der Waals surface area contributed by atoms with Gasteiger partial charge in [-0.3, -0.25) is 14.5 Å². The van der Waals surface area contributed by atoms with Gasteiger partial charge in [0.05, 0.1) is 23.5 Å². The fraction of sp³-hybridized carbons (Fsp3) is 0.353. The lowest BCUT2D eigenvalue weighted by atomic mass is 10.2. The second kappa shape index (κ2) is 7.99. The Balaban J connectivity index is 1.65. The molecule has 144 valence electrons. The Morgan fingerprint density at radius 2 is 2.26 bits per heavy atom. The van der Waals surface area contributed by atoms with E-state index in [0.29, 0.717) is 21.4 Å². The molecule has 2 amide bonds. The van der Waals surface area contributed by atoms with Crippen LogP contribution in [0.1, 0.15) is 12.0 Å². The van der Waals surface area contributed by atoms with Crippen molar-refractivity contribution in [3.8, 4) is 5.75 Å². The molecule has 0 spiro atoms. The number of sulfone groups is 1. The minimum absolute atomic E-state index is 0.0626. The molecule has 7 nitrogen and oxygen atoms in total. The van der Waals surface area contributed by atoms with Gasteiger partial charge in [-0.05, 0) is 30.2 Å². The molecule has 27 heavy (non-hydrogen) atoms. The monoisotopic (exact) mass is 426 g/mol. The van der Waals surface area contributed by atoms with Gasteiger partial charge in [0, 0.05) is 6.04 Å². The Labute approximate surface area is 167 Å². The van der Waals surface area contributed by atoms with E-state index in [1.165, 1.54) is 4.90 Å². The average Bonchev–Trinajstić information content (AvgIpc) is 3.08. The molecule has 0 radical (unpaired) electrons. The van der Waals surface area contributed by atoms with E-state index in [4.69, 9.17) is 17.0 Å². The molecule has 10 heteroatoms. The van der Waals surface area contributed by atoms with Crippen LogP contribution in [0.2, 0.25) is 0 Å². The van der Waals surface area contributed by atoms with Crippen LogP contribution < -0.4 is 10.1 Å². The van der Waals surface area contributed by atoms with Crippen molar-refractivity contribution in [2.45, 2.75) is 12.5 Å². The van der Waals surface area contributed by atoms with Crippen molar-refractivity contribution >= 4 is 56.0 Å². The van der Waals surface area contributed by atoms with Gasteiger partial charge in [-0.15, -0.1) is 0 Å². The predicted molar refractivity (Wildman–Crippen MR) is 108 cm³/mol. The molecular formula is C17H18N2O5S3. The van der Waals surface area contributed by atoms with E-state index in [2.05, 4.69) is 5.32 Å². The molecule has 1 atom stereocenters. The summed E-state index contributed by atoms with van der Waals surface area (Å²) >= 11 is 6.35. The fourth-order valence-corrected chi connectivity index (χ4v) is 5.77. The van der Waals surface area contributed by atoms with Crippen LogP contribution >= 0.6 is 24.0 Å². The summed E-state index contributed by atoms with van der Waals surface area (Å²) in [6, 6.07) is 6.83. The van der Waals surface area contributed by atoms with Gasteiger partial charge >= 0.3 is 0 Å². The van der Waals surface area contributed by atoms with Crippen LogP contribution in [-0.2, 0) is 19.4 Å². The quantitative estimate of drug-likeness (QED) is 0.559. The summed E-state index contributed by atoms with van der Waals surface area (Å²) < 4.78 is 28.4. The fourth-order valence-electron chi connectivity index (χ4n) is 2.84. The number of methoxy groups -OCH3 is 1. The Hall–Kier alpha value is -1.91. The molecule has 0 aliphatic carbocycles. The van der Waals surface area contributed by atoms with E-state index in [-0.39, 0.29) is 24.0 Å². The summed E-state index contributed by atoms with van der Waals surface area (Å²) in [4.78, 5) is 26.4. The normalized spacial score (nSPS) is 23.1. The summed E-state index contributed by atoms with van der Waals surface area (Å²) in [6.07, 6.45) is 2.09. The number of hydrogen-bond donors (Lipinski definition) is 1. The van der Waals surface area contributed by atoms with E-state index in [1.54, 1.807) is 25.3 Å². The number of amides is 2. The lowest BCUT2D eigenvalue weighted by molar-refractivity contribution is -0.129. The topological polar surface area (TPSA) is 92.8 Å². The number of nitrogens with zero attached hydrogens (tertiary/aromatic N) is 1. The summed E-state index contributed by atoms with van der Waals surface area (Å²) in [6.45, 7) is -0.226. The highest BCUT2D eigenvalue weighted by molar-refractivity contribution is 8.26. The molecule has 1 unspecified atom stereocenters. The number of rotatable bonds is 5. The van der Waals surface area contributed by atoms with E-state index < -0.39 is 21.8 Å². The van der Waals surface area contributed by atoms with Crippen LogP contribution in [-0.4, -0.2) is 60.7 Å². The number of thiocarbonyl (C=S) groups is 1. The average molecular weight is 427 g/mol. The van der Waals surface area contributed by atoms with Crippen molar-refractivity contribution < 1.29 is 22.7 Å². The second-order valence-electron chi connectivity index (χ2n) is 6.21. The van der Waals surface area contributed by atoms with E-state index >= 15 is 0 Å². The van der Waals surface area contributed by atoms with Crippen molar-refractivity contribution in [1.29, 1.82) is 0 Å². The summed E-state index contributed by atoms with van der Waals surface area (Å²) in [7, 11) is -1.52. The van der Waals surface area contributed by atoms with Crippen LogP contribution in [0.15, 0.2) is 29.2 Å². The number of carbonyl (C=O) groups excluding carboxylic acids is 2. The molecular weight excluding hydrogens is 408 g/mol. The first-order valence-electron chi connectivity index (χ1n) is 8.16. The maximum absolute atomic E-state index is 12.6. The SMILES string of the molecule is COc1cccc(/C=C2/SC(=S)N(CC(=O)NC3CCS(=O)(=O)C3)C2=O)c1. The maximum atomic E-state index is 12.6. The first kappa shape index (κ1) is 19.8. The molecule has 2 heterocycles. The van der Waals surface area contributed by atoms with E-state index in [1.807, 2.05) is 12.1 Å². The van der Waals surface area contributed by atoms with Crippen molar-refractivity contribution in [3.63, 3.8) is 0 Å². The molecule has 0 saturated carbocycles. The highest BCUT2D eigenvalue weighted by atomic mass is 32.2. The van der Waals surface area contributed by atoms with Gasteiger partial charge in [-0.25, -0.2) is 8.42 Å². The van der Waals surface area contributed by atoms with Gasteiger partial charge in [-0.2, -0.15) is 0 Å². The van der Waals surface area contributed by atoms with Crippen molar-refractivity contribution in [1.82, 2.24) is 10.2 Å². The smallest absolute Gasteiger partial charge is 0.266 e. The lowest BCUT2D eigenvalue weighted by Crippen LogP contribution is -2.43. The molecule has 1 aromatic rings. The number of hydrogen-bond acceptors (Lipinski definition) is 7. The van der Waals surface area contributed by atoms with Crippen LogP contribution in [0.4, 0.5) is 0 Å². The number of carbonyl (C=O) groups is 2. The first-order valence-corrected chi connectivity index (χ1v) is 11.2. The molecule has 2 saturated heterocycles. The minimum Gasteiger partial charge on any atom is -0.497 e. The lowest BCUT2D eigenvalue weighted by Gasteiger charge is -2.16. The molecule has 1 N–H and O–H groups in total. The zero-order valence-electron chi connectivity index (χ0n) is 14.5. The number of thioether (sulfide) groups is 1. The van der Waals surface area contributed by atoms with Gasteiger partial charge in [0.15, 0.2) is 9.84 Å². The Morgan fingerprint density at radius 1 is 1.48 bits per heavy atom. The Morgan fingerprint density at radius 3 is 2.93 bits per heavy atom. The van der Waals surface area contributed by atoms with Gasteiger partial charge in [0.25, 0.3) is 5.91 Å². The largest absolute Gasteiger partial charge is 0.497 e. The van der Waals surface area contributed by atoms with E-state index in [9.17, 15) is 18.0 Å². The number of ether oxygens (including phenoxy) is 1. The predicted octanol–water partition coefficient (Wildman–Crippen LogP) is 1.20. The number of nitrogens with one attached hydrogen (secondary N) is 1. The Bertz CT molecular complexity index is 926.